The minimum absolute atomic E-state index is 0.437. The number of nitrogens with one attached hydrogen (secondary N) is 1. The average Bonchev–Trinajstić information content (AvgIpc) is 2.03. The van der Waals surface area contributed by atoms with Gasteiger partial charge >= 0.3 is 0 Å². The van der Waals surface area contributed by atoms with Crippen LogP contribution in [0.1, 0.15) is 24.5 Å². The number of hydrogen-bond acceptors (Lipinski definition) is 1. The molecule has 13 heavy (non-hydrogen) atoms. The molecule has 0 spiro atoms. The second-order valence-electron chi connectivity index (χ2n) is 4.11. The van der Waals surface area contributed by atoms with Gasteiger partial charge in [0.25, 0.3) is 0 Å². The van der Waals surface area contributed by atoms with Crippen molar-refractivity contribution in [3.63, 3.8) is 0 Å². The van der Waals surface area contributed by atoms with E-state index in [1.807, 2.05) is 0 Å². The van der Waals surface area contributed by atoms with Crippen molar-refractivity contribution in [2.45, 2.75) is 25.7 Å². The fourth-order valence-corrected chi connectivity index (χ4v) is 2.06. The van der Waals surface area contributed by atoms with Crippen molar-refractivity contribution >= 4 is 0 Å². The molecule has 1 heteroatoms. The van der Waals surface area contributed by atoms with E-state index in [1.54, 1.807) is 0 Å². The van der Waals surface area contributed by atoms with Gasteiger partial charge in [0.2, 0.25) is 0 Å². The van der Waals surface area contributed by atoms with Crippen molar-refractivity contribution in [2.75, 3.05) is 13.1 Å². The lowest BCUT2D eigenvalue weighted by Gasteiger charge is -2.42. The molecule has 1 nitrogen and oxygen atoms in total. The van der Waals surface area contributed by atoms with Crippen molar-refractivity contribution in [3.05, 3.63) is 35.4 Å². The SMILES string of the molecule is CCC1(c2cccc(C)c2)CNC1. The molecule has 0 unspecified atom stereocenters. The Morgan fingerprint density at radius 2 is 2.15 bits per heavy atom. The van der Waals surface area contributed by atoms with Crippen molar-refractivity contribution in [3.8, 4) is 0 Å². The Morgan fingerprint density at radius 3 is 2.62 bits per heavy atom. The normalized spacial score (nSPS) is 19.5. The Morgan fingerprint density at radius 1 is 1.38 bits per heavy atom. The summed E-state index contributed by atoms with van der Waals surface area (Å²) in [5.74, 6) is 0. The van der Waals surface area contributed by atoms with Gasteiger partial charge in [0.15, 0.2) is 0 Å². The number of hydrogen-bond donors (Lipinski definition) is 1. The third-order valence-electron chi connectivity index (χ3n) is 3.23. The zero-order valence-corrected chi connectivity index (χ0v) is 8.43. The van der Waals surface area contributed by atoms with Crippen LogP contribution in [0, 0.1) is 6.92 Å². The average molecular weight is 175 g/mol. The monoisotopic (exact) mass is 175 g/mol. The molecule has 1 aliphatic heterocycles. The first-order valence-corrected chi connectivity index (χ1v) is 5.05. The summed E-state index contributed by atoms with van der Waals surface area (Å²) in [5.41, 5.74) is 3.32. The first-order chi connectivity index (χ1) is 6.27. The van der Waals surface area contributed by atoms with Crippen molar-refractivity contribution in [2.24, 2.45) is 0 Å². The van der Waals surface area contributed by atoms with Gasteiger partial charge in [-0.05, 0) is 18.9 Å². The second kappa shape index (κ2) is 3.15. The maximum atomic E-state index is 3.37. The van der Waals surface area contributed by atoms with Crippen LogP contribution in [-0.2, 0) is 5.41 Å². The van der Waals surface area contributed by atoms with Gasteiger partial charge in [-0.2, -0.15) is 0 Å². The maximum absolute atomic E-state index is 3.37. The molecule has 1 saturated heterocycles. The molecule has 70 valence electrons. The van der Waals surface area contributed by atoms with Crippen LogP contribution in [-0.4, -0.2) is 13.1 Å². The topological polar surface area (TPSA) is 12.0 Å². The summed E-state index contributed by atoms with van der Waals surface area (Å²) in [5, 5.41) is 3.37. The number of aryl methyl sites for hydroxylation is 1. The molecule has 0 atom stereocenters. The second-order valence-corrected chi connectivity index (χ2v) is 4.11. The summed E-state index contributed by atoms with van der Waals surface area (Å²) in [7, 11) is 0. The van der Waals surface area contributed by atoms with E-state index in [4.69, 9.17) is 0 Å². The molecule has 1 aromatic carbocycles. The minimum Gasteiger partial charge on any atom is -0.315 e. The fourth-order valence-electron chi connectivity index (χ4n) is 2.06. The maximum Gasteiger partial charge on any atom is 0.0200 e. The highest BCUT2D eigenvalue weighted by Crippen LogP contribution is 2.32. The molecule has 0 saturated carbocycles. The summed E-state index contributed by atoms with van der Waals surface area (Å²) >= 11 is 0. The van der Waals surface area contributed by atoms with Crippen molar-refractivity contribution < 1.29 is 0 Å². The predicted molar refractivity (Wildman–Crippen MR) is 56.0 cm³/mol. The van der Waals surface area contributed by atoms with E-state index in [9.17, 15) is 0 Å². The van der Waals surface area contributed by atoms with Crippen LogP contribution < -0.4 is 5.32 Å². The van der Waals surface area contributed by atoms with Gasteiger partial charge < -0.3 is 5.32 Å². The van der Waals surface area contributed by atoms with Gasteiger partial charge in [0, 0.05) is 18.5 Å². The van der Waals surface area contributed by atoms with E-state index >= 15 is 0 Å². The molecule has 0 aliphatic carbocycles. The van der Waals surface area contributed by atoms with E-state index in [2.05, 4.69) is 43.4 Å². The van der Waals surface area contributed by atoms with Crippen LogP contribution >= 0.6 is 0 Å². The summed E-state index contributed by atoms with van der Waals surface area (Å²) in [6, 6.07) is 8.92. The summed E-state index contributed by atoms with van der Waals surface area (Å²) in [6.45, 7) is 6.74. The van der Waals surface area contributed by atoms with Gasteiger partial charge in [-0.1, -0.05) is 36.8 Å². The number of rotatable bonds is 2. The Kier molecular flexibility index (Phi) is 2.12. The van der Waals surface area contributed by atoms with Crippen LogP contribution in [0.25, 0.3) is 0 Å². The zero-order valence-electron chi connectivity index (χ0n) is 8.43. The molecule has 1 aliphatic rings. The third kappa shape index (κ3) is 1.37. The van der Waals surface area contributed by atoms with Crippen LogP contribution in [0.3, 0.4) is 0 Å². The lowest BCUT2D eigenvalue weighted by atomic mass is 9.73. The van der Waals surface area contributed by atoms with Crippen LogP contribution in [0.4, 0.5) is 0 Å². The third-order valence-corrected chi connectivity index (χ3v) is 3.23. The molecular weight excluding hydrogens is 158 g/mol. The van der Waals surface area contributed by atoms with Crippen molar-refractivity contribution in [1.82, 2.24) is 5.32 Å². The Balaban J connectivity index is 2.33. The van der Waals surface area contributed by atoms with Gasteiger partial charge in [-0.15, -0.1) is 0 Å². The van der Waals surface area contributed by atoms with E-state index in [-0.39, 0.29) is 0 Å². The molecule has 0 aromatic heterocycles. The van der Waals surface area contributed by atoms with Gasteiger partial charge in [-0.3, -0.25) is 0 Å². The lowest BCUT2D eigenvalue weighted by molar-refractivity contribution is 0.267. The quantitative estimate of drug-likeness (QED) is 0.727. The molecule has 1 N–H and O–H groups in total. The predicted octanol–water partition coefficient (Wildman–Crippen LogP) is 2.25. The zero-order chi connectivity index (χ0) is 9.31. The highest BCUT2D eigenvalue weighted by atomic mass is 15.0. The molecule has 1 fully saturated rings. The highest BCUT2D eigenvalue weighted by Gasteiger charge is 2.36. The summed E-state index contributed by atoms with van der Waals surface area (Å²) < 4.78 is 0. The van der Waals surface area contributed by atoms with E-state index in [1.165, 1.54) is 17.5 Å². The largest absolute Gasteiger partial charge is 0.315 e. The summed E-state index contributed by atoms with van der Waals surface area (Å²) in [6.07, 6.45) is 1.24. The Labute approximate surface area is 80.2 Å². The molecular formula is C12H17N. The molecule has 0 bridgehead atoms. The van der Waals surface area contributed by atoms with Crippen LogP contribution in [0.15, 0.2) is 24.3 Å². The van der Waals surface area contributed by atoms with Gasteiger partial charge in [0.1, 0.15) is 0 Å². The van der Waals surface area contributed by atoms with Crippen LogP contribution in [0.2, 0.25) is 0 Å². The molecule has 0 radical (unpaired) electrons. The Hall–Kier alpha value is -0.820. The molecule has 0 amide bonds. The van der Waals surface area contributed by atoms with E-state index in [0.29, 0.717) is 5.41 Å². The molecule has 1 heterocycles. The van der Waals surface area contributed by atoms with Crippen molar-refractivity contribution in [1.29, 1.82) is 0 Å². The highest BCUT2D eigenvalue weighted by molar-refractivity contribution is 5.32. The van der Waals surface area contributed by atoms with Crippen LogP contribution in [0.5, 0.6) is 0 Å². The van der Waals surface area contributed by atoms with E-state index in [0.717, 1.165) is 13.1 Å². The fraction of sp³-hybridized carbons (Fsp3) is 0.500. The first-order valence-electron chi connectivity index (χ1n) is 5.05. The molecule has 2 rings (SSSR count). The molecule has 1 aromatic rings. The minimum atomic E-state index is 0.437. The standard InChI is InChI=1S/C12H17N/c1-3-12(8-13-9-12)11-6-4-5-10(2)7-11/h4-7,13H,3,8-9H2,1-2H3. The van der Waals surface area contributed by atoms with Gasteiger partial charge in [-0.25, -0.2) is 0 Å². The smallest absolute Gasteiger partial charge is 0.0200 e. The first kappa shape index (κ1) is 8.76. The summed E-state index contributed by atoms with van der Waals surface area (Å²) in [4.78, 5) is 0. The Bertz CT molecular complexity index is 294. The van der Waals surface area contributed by atoms with Gasteiger partial charge in [0.05, 0.1) is 0 Å². The lowest BCUT2D eigenvalue weighted by Crippen LogP contribution is -2.56. The number of benzene rings is 1. The van der Waals surface area contributed by atoms with E-state index < -0.39 is 0 Å².